The van der Waals surface area contributed by atoms with Crippen LogP contribution in [0.3, 0.4) is 0 Å². The lowest BCUT2D eigenvalue weighted by Gasteiger charge is -2.25. The van der Waals surface area contributed by atoms with Crippen molar-refractivity contribution in [2.75, 3.05) is 33.2 Å². The van der Waals surface area contributed by atoms with Crippen molar-refractivity contribution in [1.29, 1.82) is 0 Å². The summed E-state index contributed by atoms with van der Waals surface area (Å²) < 4.78 is 1.77. The third kappa shape index (κ3) is 4.81. The van der Waals surface area contributed by atoms with Crippen LogP contribution in [0.25, 0.3) is 0 Å². The number of hydrogen-bond donors (Lipinski definition) is 0. The van der Waals surface area contributed by atoms with Gasteiger partial charge < -0.3 is 9.80 Å². The predicted molar refractivity (Wildman–Crippen MR) is 82.1 cm³/mol. The second-order valence-electron chi connectivity index (χ2n) is 6.38. The van der Waals surface area contributed by atoms with E-state index in [1.54, 1.807) is 10.9 Å². The van der Waals surface area contributed by atoms with Crippen molar-refractivity contribution in [1.82, 2.24) is 24.8 Å². The van der Waals surface area contributed by atoms with Crippen molar-refractivity contribution >= 4 is 5.91 Å². The van der Waals surface area contributed by atoms with Crippen molar-refractivity contribution in [3.8, 4) is 0 Å². The van der Waals surface area contributed by atoms with E-state index in [1.165, 1.54) is 6.42 Å². The zero-order valence-corrected chi connectivity index (χ0v) is 13.5. The molecular weight excluding hydrogens is 266 g/mol. The highest BCUT2D eigenvalue weighted by Crippen LogP contribution is 2.11. The molecule has 0 radical (unpaired) electrons. The van der Waals surface area contributed by atoms with E-state index in [9.17, 15) is 4.79 Å². The van der Waals surface area contributed by atoms with Crippen LogP contribution in [0.2, 0.25) is 0 Å². The van der Waals surface area contributed by atoms with Crippen molar-refractivity contribution in [3.63, 3.8) is 0 Å². The van der Waals surface area contributed by atoms with Gasteiger partial charge in [-0.25, -0.2) is 0 Å². The molecule has 1 aliphatic heterocycles. The van der Waals surface area contributed by atoms with Gasteiger partial charge in [-0.3, -0.25) is 9.48 Å². The first-order valence-corrected chi connectivity index (χ1v) is 7.94. The molecule has 2 heterocycles. The van der Waals surface area contributed by atoms with E-state index in [0.29, 0.717) is 11.6 Å². The molecule has 21 heavy (non-hydrogen) atoms. The van der Waals surface area contributed by atoms with Gasteiger partial charge in [-0.1, -0.05) is 19.1 Å². The van der Waals surface area contributed by atoms with Crippen LogP contribution in [-0.2, 0) is 6.54 Å². The number of hydrogen-bond acceptors (Lipinski definition) is 4. The first-order chi connectivity index (χ1) is 10.1. The highest BCUT2D eigenvalue weighted by Gasteiger charge is 2.20. The summed E-state index contributed by atoms with van der Waals surface area (Å²) in [6.45, 7) is 8.87. The summed E-state index contributed by atoms with van der Waals surface area (Å²) >= 11 is 0. The monoisotopic (exact) mass is 293 g/mol. The second-order valence-corrected chi connectivity index (χ2v) is 6.38. The van der Waals surface area contributed by atoms with Gasteiger partial charge in [0.1, 0.15) is 0 Å². The standard InChI is InChI=1S/C15H27N5O/c1-13(2)11-18(3)9-10-20-12-14(16-17-20)15(21)19-7-5-4-6-8-19/h12-13H,4-11H2,1-3H3. The second kappa shape index (κ2) is 7.54. The van der Waals surface area contributed by atoms with Crippen molar-refractivity contribution in [2.24, 2.45) is 5.92 Å². The average molecular weight is 293 g/mol. The van der Waals surface area contributed by atoms with E-state index in [-0.39, 0.29) is 5.91 Å². The molecule has 0 saturated carbocycles. The molecular formula is C15H27N5O. The Morgan fingerprint density at radius 3 is 2.71 bits per heavy atom. The number of carbonyl (C=O) groups is 1. The normalized spacial score (nSPS) is 16.0. The Labute approximate surface area is 127 Å². The molecule has 0 aliphatic carbocycles. The van der Waals surface area contributed by atoms with Crippen LogP contribution in [0.15, 0.2) is 6.20 Å². The minimum atomic E-state index is 0.0245. The molecule has 1 fully saturated rings. The molecule has 6 heteroatoms. The topological polar surface area (TPSA) is 54.3 Å². The van der Waals surface area contributed by atoms with Crippen molar-refractivity contribution in [2.45, 2.75) is 39.7 Å². The smallest absolute Gasteiger partial charge is 0.276 e. The van der Waals surface area contributed by atoms with Gasteiger partial charge in [0, 0.05) is 26.2 Å². The molecule has 0 spiro atoms. The summed E-state index contributed by atoms with van der Waals surface area (Å²) in [5.74, 6) is 0.679. The minimum absolute atomic E-state index is 0.0245. The van der Waals surface area contributed by atoms with E-state index in [4.69, 9.17) is 0 Å². The average Bonchev–Trinajstić information content (AvgIpc) is 2.93. The summed E-state index contributed by atoms with van der Waals surface area (Å²) in [7, 11) is 2.11. The maximum Gasteiger partial charge on any atom is 0.276 e. The molecule has 1 amide bonds. The summed E-state index contributed by atoms with van der Waals surface area (Å²) in [6.07, 6.45) is 5.19. The van der Waals surface area contributed by atoms with Gasteiger partial charge in [0.25, 0.3) is 5.91 Å². The molecule has 0 atom stereocenters. The van der Waals surface area contributed by atoms with E-state index in [2.05, 4.69) is 36.1 Å². The zero-order chi connectivity index (χ0) is 15.2. The van der Waals surface area contributed by atoms with Gasteiger partial charge in [0.2, 0.25) is 0 Å². The number of amides is 1. The van der Waals surface area contributed by atoms with Gasteiger partial charge in [0.15, 0.2) is 5.69 Å². The van der Waals surface area contributed by atoms with Crippen molar-refractivity contribution in [3.05, 3.63) is 11.9 Å². The van der Waals surface area contributed by atoms with Crippen LogP contribution in [-0.4, -0.2) is 63.9 Å². The Bertz CT molecular complexity index is 451. The molecule has 118 valence electrons. The number of likely N-dealkylation sites (N-methyl/N-ethyl adjacent to an activating group) is 1. The van der Waals surface area contributed by atoms with Gasteiger partial charge in [0.05, 0.1) is 12.7 Å². The largest absolute Gasteiger partial charge is 0.337 e. The molecule has 0 bridgehead atoms. The Morgan fingerprint density at radius 2 is 2.05 bits per heavy atom. The lowest BCUT2D eigenvalue weighted by molar-refractivity contribution is 0.0718. The summed E-state index contributed by atoms with van der Waals surface area (Å²) in [4.78, 5) is 16.5. The van der Waals surface area contributed by atoms with Crippen molar-refractivity contribution < 1.29 is 4.79 Å². The first-order valence-electron chi connectivity index (χ1n) is 7.94. The third-order valence-electron chi connectivity index (χ3n) is 3.79. The Morgan fingerprint density at radius 1 is 1.33 bits per heavy atom. The van der Waals surface area contributed by atoms with Gasteiger partial charge in [-0.2, -0.15) is 0 Å². The lowest BCUT2D eigenvalue weighted by atomic mass is 10.1. The molecule has 6 nitrogen and oxygen atoms in total. The van der Waals surface area contributed by atoms with Gasteiger partial charge in [-0.05, 0) is 32.2 Å². The van der Waals surface area contributed by atoms with E-state index in [0.717, 1.165) is 45.6 Å². The first kappa shape index (κ1) is 15.9. The Balaban J connectivity index is 1.84. The highest BCUT2D eigenvalue weighted by atomic mass is 16.2. The maximum atomic E-state index is 12.3. The van der Waals surface area contributed by atoms with E-state index < -0.39 is 0 Å². The molecule has 0 aromatic carbocycles. The fourth-order valence-electron chi connectivity index (χ4n) is 2.75. The molecule has 0 unspecified atom stereocenters. The van der Waals surface area contributed by atoms with Crippen LogP contribution in [0.5, 0.6) is 0 Å². The Kier molecular flexibility index (Phi) is 5.73. The van der Waals surface area contributed by atoms with Crippen LogP contribution < -0.4 is 0 Å². The van der Waals surface area contributed by atoms with Crippen LogP contribution >= 0.6 is 0 Å². The van der Waals surface area contributed by atoms with Crippen LogP contribution in [0, 0.1) is 5.92 Å². The number of rotatable bonds is 6. The van der Waals surface area contributed by atoms with E-state index in [1.807, 2.05) is 4.90 Å². The van der Waals surface area contributed by atoms with Crippen LogP contribution in [0.4, 0.5) is 0 Å². The Hall–Kier alpha value is -1.43. The summed E-state index contributed by atoms with van der Waals surface area (Å²) in [5, 5.41) is 8.11. The minimum Gasteiger partial charge on any atom is -0.337 e. The quantitative estimate of drug-likeness (QED) is 0.797. The molecule has 1 saturated heterocycles. The number of nitrogens with zero attached hydrogens (tertiary/aromatic N) is 5. The number of likely N-dealkylation sites (tertiary alicyclic amines) is 1. The van der Waals surface area contributed by atoms with Gasteiger partial charge in [-0.15, -0.1) is 5.10 Å². The van der Waals surface area contributed by atoms with E-state index >= 15 is 0 Å². The third-order valence-corrected chi connectivity index (χ3v) is 3.79. The fraction of sp³-hybridized carbons (Fsp3) is 0.800. The number of piperidine rings is 1. The summed E-state index contributed by atoms with van der Waals surface area (Å²) in [5.41, 5.74) is 0.475. The number of carbonyl (C=O) groups excluding carboxylic acids is 1. The number of aromatic nitrogens is 3. The predicted octanol–water partition coefficient (Wildman–Crippen LogP) is 1.49. The molecule has 0 N–H and O–H groups in total. The highest BCUT2D eigenvalue weighted by molar-refractivity contribution is 5.91. The fourth-order valence-corrected chi connectivity index (χ4v) is 2.75. The molecule has 2 rings (SSSR count). The van der Waals surface area contributed by atoms with Crippen LogP contribution in [0.1, 0.15) is 43.6 Å². The molecule has 1 aliphatic rings. The molecule has 1 aromatic heterocycles. The molecule has 1 aromatic rings. The SMILES string of the molecule is CC(C)CN(C)CCn1cc(C(=O)N2CCCCC2)nn1. The zero-order valence-electron chi connectivity index (χ0n) is 13.5. The maximum absolute atomic E-state index is 12.3. The lowest BCUT2D eigenvalue weighted by Crippen LogP contribution is -2.35. The summed E-state index contributed by atoms with van der Waals surface area (Å²) in [6, 6.07) is 0. The van der Waals surface area contributed by atoms with Gasteiger partial charge >= 0.3 is 0 Å².